The minimum Gasteiger partial charge on any atom is -0.333 e. The van der Waals surface area contributed by atoms with Crippen LogP contribution in [0.1, 0.15) is 29.8 Å². The van der Waals surface area contributed by atoms with E-state index in [1.54, 1.807) is 12.1 Å². The van der Waals surface area contributed by atoms with Crippen molar-refractivity contribution in [3.8, 4) is 0 Å². The summed E-state index contributed by atoms with van der Waals surface area (Å²) in [7, 11) is 0. The first-order valence-corrected chi connectivity index (χ1v) is 6.62. The number of rotatable bonds is 2. The molecule has 1 aliphatic heterocycles. The number of alkyl halides is 1. The third kappa shape index (κ3) is 2.90. The Morgan fingerprint density at radius 2 is 2.29 bits per heavy atom. The summed E-state index contributed by atoms with van der Waals surface area (Å²) >= 11 is 11.6. The van der Waals surface area contributed by atoms with Gasteiger partial charge in [-0.05, 0) is 31.4 Å². The van der Waals surface area contributed by atoms with Gasteiger partial charge in [-0.2, -0.15) is 0 Å². The average molecular weight is 273 g/mol. The minimum absolute atomic E-state index is 0.0491. The van der Waals surface area contributed by atoms with Gasteiger partial charge in [0.05, 0.1) is 5.02 Å². The van der Waals surface area contributed by atoms with Crippen molar-refractivity contribution in [3.05, 3.63) is 29.0 Å². The lowest BCUT2D eigenvalue weighted by Gasteiger charge is -2.34. The van der Waals surface area contributed by atoms with Crippen molar-refractivity contribution in [3.63, 3.8) is 0 Å². The number of hydrogen-bond donors (Lipinski definition) is 0. The molecule has 0 radical (unpaired) electrons. The van der Waals surface area contributed by atoms with E-state index in [2.05, 4.69) is 4.98 Å². The van der Waals surface area contributed by atoms with E-state index in [4.69, 9.17) is 23.2 Å². The molecule has 0 N–H and O–H groups in total. The van der Waals surface area contributed by atoms with Gasteiger partial charge in [0.25, 0.3) is 5.91 Å². The van der Waals surface area contributed by atoms with Crippen molar-refractivity contribution in [2.24, 2.45) is 0 Å². The molecule has 1 aromatic heterocycles. The second kappa shape index (κ2) is 5.69. The Hall–Kier alpha value is -0.800. The highest BCUT2D eigenvalue weighted by atomic mass is 35.5. The molecule has 3 nitrogen and oxygen atoms in total. The molecule has 5 heteroatoms. The van der Waals surface area contributed by atoms with Crippen LogP contribution in [0.25, 0.3) is 0 Å². The predicted octanol–water partition coefficient (Wildman–Crippen LogP) is 2.97. The normalized spacial score (nSPS) is 20.4. The Labute approximate surface area is 111 Å². The number of nitrogens with zero attached hydrogens (tertiary/aromatic N) is 2. The third-order valence-corrected chi connectivity index (χ3v) is 3.59. The van der Waals surface area contributed by atoms with Crippen LogP contribution in [0.15, 0.2) is 18.3 Å². The molecular weight excluding hydrogens is 259 g/mol. The molecule has 2 rings (SSSR count). The van der Waals surface area contributed by atoms with Crippen LogP contribution in [-0.4, -0.2) is 34.3 Å². The topological polar surface area (TPSA) is 33.2 Å². The lowest BCUT2D eigenvalue weighted by atomic mass is 10.0. The highest BCUT2D eigenvalue weighted by Gasteiger charge is 2.27. The van der Waals surface area contributed by atoms with Gasteiger partial charge in [-0.15, -0.1) is 11.6 Å². The maximum Gasteiger partial charge on any atom is 0.272 e. The molecule has 1 fully saturated rings. The fourth-order valence-electron chi connectivity index (χ4n) is 2.08. The van der Waals surface area contributed by atoms with Gasteiger partial charge in [0.1, 0.15) is 5.69 Å². The minimum atomic E-state index is -0.0491. The molecule has 0 saturated carbocycles. The number of amides is 1. The summed E-state index contributed by atoms with van der Waals surface area (Å²) in [6.07, 6.45) is 4.64. The summed E-state index contributed by atoms with van der Waals surface area (Å²) in [6, 6.07) is 3.47. The molecule has 1 atom stereocenters. The van der Waals surface area contributed by atoms with Crippen LogP contribution in [0.3, 0.4) is 0 Å². The SMILES string of the molecule is O=C(c1ccc(Cl)cn1)N1CCCCC1CCl. The van der Waals surface area contributed by atoms with Crippen molar-refractivity contribution >= 4 is 29.1 Å². The van der Waals surface area contributed by atoms with E-state index in [1.807, 2.05) is 4.90 Å². The third-order valence-electron chi connectivity index (χ3n) is 3.01. The van der Waals surface area contributed by atoms with E-state index in [-0.39, 0.29) is 11.9 Å². The maximum absolute atomic E-state index is 12.2. The maximum atomic E-state index is 12.2. The average Bonchev–Trinajstić information content (AvgIpc) is 2.39. The summed E-state index contributed by atoms with van der Waals surface area (Å²) < 4.78 is 0. The Morgan fingerprint density at radius 3 is 2.94 bits per heavy atom. The molecular formula is C12H14Cl2N2O. The number of piperidine rings is 1. The van der Waals surface area contributed by atoms with E-state index < -0.39 is 0 Å². The lowest BCUT2D eigenvalue weighted by Crippen LogP contribution is -2.45. The van der Waals surface area contributed by atoms with Crippen molar-refractivity contribution in [1.29, 1.82) is 0 Å². The Balaban J connectivity index is 2.15. The van der Waals surface area contributed by atoms with Crippen LogP contribution in [-0.2, 0) is 0 Å². The van der Waals surface area contributed by atoms with Crippen LogP contribution in [0.2, 0.25) is 5.02 Å². The van der Waals surface area contributed by atoms with E-state index in [9.17, 15) is 4.79 Å². The van der Waals surface area contributed by atoms with Gasteiger partial charge >= 0.3 is 0 Å². The van der Waals surface area contributed by atoms with E-state index in [0.29, 0.717) is 16.6 Å². The zero-order valence-corrected chi connectivity index (χ0v) is 10.9. The quantitative estimate of drug-likeness (QED) is 0.776. The van der Waals surface area contributed by atoms with Crippen LogP contribution in [0.4, 0.5) is 0 Å². The fraction of sp³-hybridized carbons (Fsp3) is 0.500. The van der Waals surface area contributed by atoms with Crippen LogP contribution in [0, 0.1) is 0 Å². The summed E-state index contributed by atoms with van der Waals surface area (Å²) in [5.41, 5.74) is 0.436. The molecule has 0 aliphatic carbocycles. The molecule has 92 valence electrons. The van der Waals surface area contributed by atoms with Gasteiger partial charge in [-0.25, -0.2) is 4.98 Å². The van der Waals surface area contributed by atoms with Gasteiger partial charge in [-0.1, -0.05) is 11.6 Å². The van der Waals surface area contributed by atoms with Gasteiger partial charge in [-0.3, -0.25) is 4.79 Å². The number of carbonyl (C=O) groups is 1. The number of carbonyl (C=O) groups excluding carboxylic acids is 1. The van der Waals surface area contributed by atoms with Gasteiger partial charge in [0.2, 0.25) is 0 Å². The molecule has 17 heavy (non-hydrogen) atoms. The number of likely N-dealkylation sites (tertiary alicyclic amines) is 1. The summed E-state index contributed by atoms with van der Waals surface area (Å²) in [4.78, 5) is 18.1. The number of hydrogen-bond acceptors (Lipinski definition) is 2. The van der Waals surface area contributed by atoms with E-state index in [1.165, 1.54) is 6.20 Å². The first-order valence-electron chi connectivity index (χ1n) is 5.71. The van der Waals surface area contributed by atoms with Gasteiger partial charge in [0, 0.05) is 24.7 Å². The van der Waals surface area contributed by atoms with Crippen LogP contribution >= 0.6 is 23.2 Å². The number of aromatic nitrogens is 1. The first kappa shape index (κ1) is 12.7. The molecule has 0 spiro atoms. The highest BCUT2D eigenvalue weighted by molar-refractivity contribution is 6.30. The molecule has 0 bridgehead atoms. The van der Waals surface area contributed by atoms with Gasteiger partial charge < -0.3 is 4.90 Å². The predicted molar refractivity (Wildman–Crippen MR) is 68.6 cm³/mol. The second-order valence-electron chi connectivity index (χ2n) is 4.16. The zero-order valence-electron chi connectivity index (χ0n) is 9.40. The largest absolute Gasteiger partial charge is 0.333 e. The number of pyridine rings is 1. The monoisotopic (exact) mass is 272 g/mol. The summed E-state index contributed by atoms with van der Waals surface area (Å²) in [6.45, 7) is 0.764. The second-order valence-corrected chi connectivity index (χ2v) is 4.91. The fourth-order valence-corrected chi connectivity index (χ4v) is 2.51. The van der Waals surface area contributed by atoms with Crippen molar-refractivity contribution < 1.29 is 4.79 Å². The standard InChI is InChI=1S/C12H14Cl2N2O/c13-7-10-3-1-2-6-16(10)12(17)11-5-4-9(14)8-15-11/h4-5,8,10H,1-3,6-7H2. The Bertz CT molecular complexity index is 394. The van der Waals surface area contributed by atoms with E-state index >= 15 is 0 Å². The number of halogens is 2. The smallest absolute Gasteiger partial charge is 0.272 e. The van der Waals surface area contributed by atoms with E-state index in [0.717, 1.165) is 25.8 Å². The van der Waals surface area contributed by atoms with Crippen LogP contribution < -0.4 is 0 Å². The molecule has 0 aromatic carbocycles. The molecule has 1 unspecified atom stereocenters. The Kier molecular flexibility index (Phi) is 4.24. The Morgan fingerprint density at radius 1 is 1.47 bits per heavy atom. The molecule has 1 aromatic rings. The molecule has 1 amide bonds. The molecule has 1 aliphatic rings. The molecule has 2 heterocycles. The van der Waals surface area contributed by atoms with Crippen molar-refractivity contribution in [1.82, 2.24) is 9.88 Å². The van der Waals surface area contributed by atoms with Crippen molar-refractivity contribution in [2.75, 3.05) is 12.4 Å². The lowest BCUT2D eigenvalue weighted by molar-refractivity contribution is 0.0633. The summed E-state index contributed by atoms with van der Waals surface area (Å²) in [5, 5.41) is 0.536. The van der Waals surface area contributed by atoms with Gasteiger partial charge in [0.15, 0.2) is 0 Å². The first-order chi connectivity index (χ1) is 8.22. The zero-order chi connectivity index (χ0) is 12.3. The summed E-state index contributed by atoms with van der Waals surface area (Å²) in [5.74, 6) is 0.436. The van der Waals surface area contributed by atoms with Crippen molar-refractivity contribution in [2.45, 2.75) is 25.3 Å². The van der Waals surface area contributed by atoms with Crippen LogP contribution in [0.5, 0.6) is 0 Å². The molecule has 1 saturated heterocycles. The highest BCUT2D eigenvalue weighted by Crippen LogP contribution is 2.20.